The molecule has 17 heavy (non-hydrogen) atoms. The standard InChI is InChI=1S/C11H15NO4S/c1-3-5-16-11(14)8-7(6-17-9(8)12)10(13)15-4-2/h6H,3-5,12H2,1-2H3. The quantitative estimate of drug-likeness (QED) is 0.817. The summed E-state index contributed by atoms with van der Waals surface area (Å²) in [6, 6.07) is 0. The third kappa shape index (κ3) is 3.20. The number of nitrogens with two attached hydrogens (primary N) is 1. The van der Waals surface area contributed by atoms with Gasteiger partial charge in [0.2, 0.25) is 0 Å². The molecule has 1 aromatic rings. The molecule has 94 valence electrons. The van der Waals surface area contributed by atoms with Gasteiger partial charge < -0.3 is 15.2 Å². The summed E-state index contributed by atoms with van der Waals surface area (Å²) >= 11 is 1.12. The molecule has 0 aliphatic rings. The van der Waals surface area contributed by atoms with Crippen molar-refractivity contribution >= 4 is 28.3 Å². The van der Waals surface area contributed by atoms with Gasteiger partial charge in [0.05, 0.1) is 18.8 Å². The topological polar surface area (TPSA) is 78.6 Å². The molecule has 1 heterocycles. The number of carbonyl (C=O) groups is 2. The molecular formula is C11H15NO4S. The smallest absolute Gasteiger partial charge is 0.342 e. The van der Waals surface area contributed by atoms with Crippen LogP contribution in [0.4, 0.5) is 5.00 Å². The second-order valence-electron chi connectivity index (χ2n) is 3.25. The fourth-order valence-electron chi connectivity index (χ4n) is 1.21. The second-order valence-corrected chi connectivity index (χ2v) is 4.16. The van der Waals surface area contributed by atoms with E-state index in [2.05, 4.69) is 0 Å². The Kier molecular flexibility index (Phi) is 4.96. The minimum absolute atomic E-state index is 0.113. The maximum atomic E-state index is 11.7. The van der Waals surface area contributed by atoms with Crippen LogP contribution in [-0.2, 0) is 9.47 Å². The van der Waals surface area contributed by atoms with E-state index in [9.17, 15) is 9.59 Å². The van der Waals surface area contributed by atoms with Gasteiger partial charge >= 0.3 is 11.9 Å². The number of esters is 2. The molecule has 0 amide bonds. The van der Waals surface area contributed by atoms with Gasteiger partial charge in [0.25, 0.3) is 0 Å². The first-order chi connectivity index (χ1) is 8.11. The van der Waals surface area contributed by atoms with E-state index in [4.69, 9.17) is 15.2 Å². The second kappa shape index (κ2) is 6.24. The first-order valence-electron chi connectivity index (χ1n) is 5.33. The predicted octanol–water partition coefficient (Wildman–Crippen LogP) is 2.07. The van der Waals surface area contributed by atoms with E-state index in [1.807, 2.05) is 6.92 Å². The summed E-state index contributed by atoms with van der Waals surface area (Å²) in [6.07, 6.45) is 0.713. The summed E-state index contributed by atoms with van der Waals surface area (Å²) < 4.78 is 9.81. The van der Waals surface area contributed by atoms with Crippen molar-refractivity contribution in [2.24, 2.45) is 0 Å². The third-order valence-electron chi connectivity index (χ3n) is 1.96. The third-order valence-corrected chi connectivity index (χ3v) is 2.77. The fraction of sp³-hybridized carbons (Fsp3) is 0.455. The van der Waals surface area contributed by atoms with Gasteiger partial charge in [0.1, 0.15) is 10.6 Å². The fourth-order valence-corrected chi connectivity index (χ4v) is 1.98. The van der Waals surface area contributed by atoms with Crippen LogP contribution in [0, 0.1) is 0 Å². The van der Waals surface area contributed by atoms with Crippen LogP contribution in [-0.4, -0.2) is 25.2 Å². The number of hydrogen-bond donors (Lipinski definition) is 1. The van der Waals surface area contributed by atoms with Crippen LogP contribution in [0.3, 0.4) is 0 Å². The Morgan fingerprint density at radius 3 is 2.59 bits per heavy atom. The molecule has 0 saturated carbocycles. The number of anilines is 1. The molecule has 0 atom stereocenters. The summed E-state index contributed by atoms with van der Waals surface area (Å²) in [5.41, 5.74) is 5.95. The van der Waals surface area contributed by atoms with Crippen molar-refractivity contribution in [3.63, 3.8) is 0 Å². The van der Waals surface area contributed by atoms with Gasteiger partial charge in [-0.05, 0) is 13.3 Å². The van der Waals surface area contributed by atoms with Crippen molar-refractivity contribution in [2.45, 2.75) is 20.3 Å². The lowest BCUT2D eigenvalue weighted by Gasteiger charge is -2.05. The molecule has 0 spiro atoms. The molecule has 6 heteroatoms. The normalized spacial score (nSPS) is 10.0. The zero-order chi connectivity index (χ0) is 12.8. The van der Waals surface area contributed by atoms with Crippen LogP contribution < -0.4 is 5.73 Å². The van der Waals surface area contributed by atoms with Gasteiger partial charge in [-0.3, -0.25) is 0 Å². The Morgan fingerprint density at radius 1 is 1.29 bits per heavy atom. The van der Waals surface area contributed by atoms with Crippen LogP contribution in [0.1, 0.15) is 41.0 Å². The van der Waals surface area contributed by atoms with Crippen molar-refractivity contribution in [3.05, 3.63) is 16.5 Å². The van der Waals surface area contributed by atoms with Gasteiger partial charge in [-0.25, -0.2) is 9.59 Å². The molecule has 0 fully saturated rings. The minimum Gasteiger partial charge on any atom is -0.462 e. The lowest BCUT2D eigenvalue weighted by Crippen LogP contribution is -2.13. The number of hydrogen-bond acceptors (Lipinski definition) is 6. The summed E-state index contributed by atoms with van der Waals surface area (Å²) in [6.45, 7) is 4.13. The Bertz CT molecular complexity index is 414. The first kappa shape index (κ1) is 13.5. The van der Waals surface area contributed by atoms with Gasteiger partial charge in [0, 0.05) is 5.38 Å². The van der Waals surface area contributed by atoms with E-state index in [0.717, 1.165) is 11.3 Å². The van der Waals surface area contributed by atoms with Crippen LogP contribution in [0.15, 0.2) is 5.38 Å². The highest BCUT2D eigenvalue weighted by Gasteiger charge is 2.24. The number of nitrogen functional groups attached to an aromatic ring is 1. The molecule has 0 radical (unpaired) electrons. The average molecular weight is 257 g/mol. The summed E-state index contributed by atoms with van der Waals surface area (Å²) in [7, 11) is 0. The van der Waals surface area contributed by atoms with E-state index < -0.39 is 11.9 Å². The van der Waals surface area contributed by atoms with E-state index in [0.29, 0.717) is 13.0 Å². The highest BCUT2D eigenvalue weighted by Crippen LogP contribution is 2.26. The molecule has 1 aromatic heterocycles. The minimum atomic E-state index is -0.575. The van der Waals surface area contributed by atoms with Crippen molar-refractivity contribution in [3.8, 4) is 0 Å². The van der Waals surface area contributed by atoms with E-state index in [-0.39, 0.29) is 22.7 Å². The van der Waals surface area contributed by atoms with Gasteiger partial charge in [-0.1, -0.05) is 6.92 Å². The zero-order valence-electron chi connectivity index (χ0n) is 9.82. The molecule has 0 unspecified atom stereocenters. The highest BCUT2D eigenvalue weighted by atomic mass is 32.1. The van der Waals surface area contributed by atoms with Crippen molar-refractivity contribution in [1.29, 1.82) is 0 Å². The molecule has 1 rings (SSSR count). The molecule has 0 aliphatic carbocycles. The van der Waals surface area contributed by atoms with Gasteiger partial charge in [-0.15, -0.1) is 11.3 Å². The molecule has 0 aromatic carbocycles. The average Bonchev–Trinajstić information content (AvgIpc) is 2.68. The maximum Gasteiger partial charge on any atom is 0.342 e. The Balaban J connectivity index is 2.93. The zero-order valence-corrected chi connectivity index (χ0v) is 10.6. The maximum absolute atomic E-state index is 11.7. The van der Waals surface area contributed by atoms with Crippen LogP contribution in [0.2, 0.25) is 0 Å². The summed E-state index contributed by atoms with van der Waals surface area (Å²) in [5.74, 6) is -1.13. The molecule has 2 N–H and O–H groups in total. The van der Waals surface area contributed by atoms with Crippen molar-refractivity contribution in [1.82, 2.24) is 0 Å². The van der Waals surface area contributed by atoms with Crippen LogP contribution in [0.25, 0.3) is 0 Å². The SMILES string of the molecule is CCCOC(=O)c1c(C(=O)OCC)csc1N. The van der Waals surface area contributed by atoms with Crippen molar-refractivity contribution < 1.29 is 19.1 Å². The van der Waals surface area contributed by atoms with E-state index in [1.165, 1.54) is 5.38 Å². The van der Waals surface area contributed by atoms with Crippen LogP contribution in [0.5, 0.6) is 0 Å². The lowest BCUT2D eigenvalue weighted by molar-refractivity contribution is 0.0469. The molecule has 0 bridgehead atoms. The molecule has 0 saturated heterocycles. The molecule has 0 aliphatic heterocycles. The molecular weight excluding hydrogens is 242 g/mol. The van der Waals surface area contributed by atoms with E-state index >= 15 is 0 Å². The number of thiophene rings is 1. The van der Waals surface area contributed by atoms with Gasteiger partial charge in [-0.2, -0.15) is 0 Å². The largest absolute Gasteiger partial charge is 0.462 e. The Labute approximate surface area is 104 Å². The lowest BCUT2D eigenvalue weighted by atomic mass is 10.2. The Hall–Kier alpha value is -1.56. The van der Waals surface area contributed by atoms with E-state index in [1.54, 1.807) is 6.92 Å². The van der Waals surface area contributed by atoms with Gasteiger partial charge in [0.15, 0.2) is 0 Å². The molecule has 5 nitrogen and oxygen atoms in total. The summed E-state index contributed by atoms with van der Waals surface area (Å²) in [4.78, 5) is 23.3. The number of ether oxygens (including phenoxy) is 2. The monoisotopic (exact) mass is 257 g/mol. The number of carbonyl (C=O) groups excluding carboxylic acids is 2. The highest BCUT2D eigenvalue weighted by molar-refractivity contribution is 7.14. The summed E-state index contributed by atoms with van der Waals surface area (Å²) in [5, 5.41) is 1.78. The predicted molar refractivity (Wildman–Crippen MR) is 65.3 cm³/mol. The van der Waals surface area contributed by atoms with Crippen molar-refractivity contribution in [2.75, 3.05) is 18.9 Å². The number of rotatable bonds is 5. The van der Waals surface area contributed by atoms with Crippen LogP contribution >= 0.6 is 11.3 Å². The first-order valence-corrected chi connectivity index (χ1v) is 6.20. The Morgan fingerprint density at radius 2 is 2.00 bits per heavy atom.